The first-order valence-electron chi connectivity index (χ1n) is 9.83. The fourth-order valence-corrected chi connectivity index (χ4v) is 3.11. The lowest BCUT2D eigenvalue weighted by Crippen LogP contribution is -2.09. The van der Waals surface area contributed by atoms with Crippen LogP contribution >= 0.6 is 11.6 Å². The molecule has 0 radical (unpaired) electrons. The lowest BCUT2D eigenvalue weighted by molar-refractivity contribution is 0.269. The predicted octanol–water partition coefficient (Wildman–Crippen LogP) is 4.72. The Morgan fingerprint density at radius 1 is 1.07 bits per heavy atom. The van der Waals surface area contributed by atoms with Crippen molar-refractivity contribution in [2.75, 3.05) is 11.9 Å². The van der Waals surface area contributed by atoms with Gasteiger partial charge in [-0.25, -0.2) is 4.68 Å². The monoisotopic (exact) mass is 415 g/mol. The van der Waals surface area contributed by atoms with Crippen molar-refractivity contribution in [1.29, 1.82) is 0 Å². The summed E-state index contributed by atoms with van der Waals surface area (Å²) in [4.78, 5) is 0. The molecule has 1 N–H and O–H groups in total. The van der Waals surface area contributed by atoms with Crippen LogP contribution in [0.1, 0.15) is 37.8 Å². The molecule has 3 rings (SSSR count). The summed E-state index contributed by atoms with van der Waals surface area (Å²) in [5.74, 6) is 1.81. The molecule has 0 bridgehead atoms. The van der Waals surface area contributed by atoms with E-state index in [2.05, 4.69) is 27.8 Å². The van der Waals surface area contributed by atoms with Crippen LogP contribution in [0.3, 0.4) is 0 Å². The Kier molecular flexibility index (Phi) is 7.69. The molecule has 0 atom stereocenters. The summed E-state index contributed by atoms with van der Waals surface area (Å²) in [5, 5.41) is 15.6. The predicted molar refractivity (Wildman–Crippen MR) is 113 cm³/mol. The highest BCUT2D eigenvalue weighted by molar-refractivity contribution is 6.32. The second kappa shape index (κ2) is 10.7. The molecular weight excluding hydrogens is 390 g/mol. The van der Waals surface area contributed by atoms with E-state index in [-0.39, 0.29) is 0 Å². The van der Waals surface area contributed by atoms with Gasteiger partial charge in [-0.15, -0.1) is 0 Å². The van der Waals surface area contributed by atoms with Crippen LogP contribution in [-0.2, 0) is 19.7 Å². The van der Waals surface area contributed by atoms with Crippen molar-refractivity contribution < 1.29 is 9.47 Å². The molecule has 7 nitrogen and oxygen atoms in total. The van der Waals surface area contributed by atoms with Gasteiger partial charge < -0.3 is 14.8 Å². The number of unbranched alkanes of at least 4 members (excludes halogenated alkanes) is 1. The zero-order valence-corrected chi connectivity index (χ0v) is 17.5. The normalized spacial score (nSPS) is 10.7. The number of hydrogen-bond acceptors (Lipinski definition) is 6. The van der Waals surface area contributed by atoms with Gasteiger partial charge in [0.1, 0.15) is 6.61 Å². The largest absolute Gasteiger partial charge is 0.490 e. The number of halogens is 1. The first-order valence-corrected chi connectivity index (χ1v) is 10.2. The van der Waals surface area contributed by atoms with E-state index in [1.807, 2.05) is 49.4 Å². The second-order valence-electron chi connectivity index (χ2n) is 6.54. The molecular formula is C21H26ClN5O2. The Morgan fingerprint density at radius 3 is 2.66 bits per heavy atom. The number of anilines is 1. The molecule has 0 aliphatic heterocycles. The zero-order chi connectivity index (χ0) is 20.5. The van der Waals surface area contributed by atoms with Crippen LogP contribution < -0.4 is 14.8 Å². The molecule has 3 aromatic rings. The van der Waals surface area contributed by atoms with Gasteiger partial charge in [0.05, 0.1) is 11.6 Å². The Labute approximate surface area is 176 Å². The standard InChI is InChI=1S/C21H26ClN5O2/c1-3-5-11-27-21(24-25-26-27)23-14-17-12-18(22)20(19(13-17)28-4-2)29-15-16-9-7-6-8-10-16/h6-10,12-13H,3-5,11,14-15H2,1-2H3,(H,23,24,26). The lowest BCUT2D eigenvalue weighted by Gasteiger charge is -2.16. The van der Waals surface area contributed by atoms with Crippen LogP contribution in [0.15, 0.2) is 42.5 Å². The molecule has 1 heterocycles. The van der Waals surface area contributed by atoms with Crippen molar-refractivity contribution in [2.45, 2.75) is 46.4 Å². The lowest BCUT2D eigenvalue weighted by atomic mass is 10.2. The van der Waals surface area contributed by atoms with E-state index >= 15 is 0 Å². The summed E-state index contributed by atoms with van der Waals surface area (Å²) >= 11 is 6.52. The molecule has 1 aromatic heterocycles. The smallest absolute Gasteiger partial charge is 0.243 e. The van der Waals surface area contributed by atoms with Crippen LogP contribution in [0.25, 0.3) is 0 Å². The van der Waals surface area contributed by atoms with Gasteiger partial charge in [-0.05, 0) is 47.0 Å². The minimum Gasteiger partial charge on any atom is -0.490 e. The number of benzene rings is 2. The molecule has 2 aromatic carbocycles. The number of nitrogens with one attached hydrogen (secondary N) is 1. The van der Waals surface area contributed by atoms with Gasteiger partial charge in [0.15, 0.2) is 11.5 Å². The third-order valence-corrected chi connectivity index (χ3v) is 4.58. The molecule has 0 unspecified atom stereocenters. The fraction of sp³-hybridized carbons (Fsp3) is 0.381. The molecule has 0 fully saturated rings. The molecule has 0 spiro atoms. The topological polar surface area (TPSA) is 74.1 Å². The van der Waals surface area contributed by atoms with Crippen LogP contribution in [-0.4, -0.2) is 26.8 Å². The maximum absolute atomic E-state index is 6.52. The molecule has 0 amide bonds. The molecule has 29 heavy (non-hydrogen) atoms. The second-order valence-corrected chi connectivity index (χ2v) is 6.95. The average Bonchev–Trinajstić information content (AvgIpc) is 3.18. The average molecular weight is 416 g/mol. The number of nitrogens with zero attached hydrogens (tertiary/aromatic N) is 4. The van der Waals surface area contributed by atoms with Crippen molar-refractivity contribution in [3.05, 3.63) is 58.6 Å². The van der Waals surface area contributed by atoms with Gasteiger partial charge in [-0.1, -0.05) is 60.4 Å². The Hall–Kier alpha value is -2.80. The Morgan fingerprint density at radius 2 is 1.90 bits per heavy atom. The highest BCUT2D eigenvalue weighted by Crippen LogP contribution is 2.37. The number of aryl methyl sites for hydroxylation is 1. The van der Waals surface area contributed by atoms with E-state index in [0.717, 1.165) is 30.5 Å². The third kappa shape index (κ3) is 5.84. The molecule has 0 saturated heterocycles. The summed E-state index contributed by atoms with van der Waals surface area (Å²) in [6.07, 6.45) is 2.10. The summed E-state index contributed by atoms with van der Waals surface area (Å²) in [5.41, 5.74) is 2.02. The molecule has 0 aliphatic rings. The van der Waals surface area contributed by atoms with Gasteiger partial charge >= 0.3 is 0 Å². The fourth-order valence-electron chi connectivity index (χ4n) is 2.83. The number of hydrogen-bond donors (Lipinski definition) is 1. The number of rotatable bonds is 11. The van der Waals surface area contributed by atoms with Crippen LogP contribution in [0.2, 0.25) is 5.02 Å². The maximum atomic E-state index is 6.52. The first kappa shape index (κ1) is 20.9. The number of tetrazole rings is 1. The van der Waals surface area contributed by atoms with E-state index in [9.17, 15) is 0 Å². The van der Waals surface area contributed by atoms with E-state index < -0.39 is 0 Å². The minimum atomic E-state index is 0.421. The number of ether oxygens (including phenoxy) is 2. The summed E-state index contributed by atoms with van der Waals surface area (Å²) in [6, 6.07) is 13.8. The van der Waals surface area contributed by atoms with Crippen molar-refractivity contribution in [2.24, 2.45) is 0 Å². The quantitative estimate of drug-likeness (QED) is 0.488. The minimum absolute atomic E-state index is 0.421. The molecule has 154 valence electrons. The van der Waals surface area contributed by atoms with Crippen LogP contribution in [0.4, 0.5) is 5.95 Å². The maximum Gasteiger partial charge on any atom is 0.243 e. The summed E-state index contributed by atoms with van der Waals surface area (Å²) in [7, 11) is 0. The highest BCUT2D eigenvalue weighted by atomic mass is 35.5. The van der Waals surface area contributed by atoms with Crippen molar-refractivity contribution >= 4 is 17.5 Å². The van der Waals surface area contributed by atoms with Gasteiger partial charge in [0.2, 0.25) is 5.95 Å². The van der Waals surface area contributed by atoms with Crippen molar-refractivity contribution in [1.82, 2.24) is 20.2 Å². The van der Waals surface area contributed by atoms with Gasteiger partial charge in [0.25, 0.3) is 0 Å². The van der Waals surface area contributed by atoms with Crippen LogP contribution in [0, 0.1) is 0 Å². The van der Waals surface area contributed by atoms with E-state index in [0.29, 0.717) is 42.2 Å². The third-order valence-electron chi connectivity index (χ3n) is 4.30. The molecule has 8 heteroatoms. The first-order chi connectivity index (χ1) is 14.2. The van der Waals surface area contributed by atoms with Crippen molar-refractivity contribution in [3.63, 3.8) is 0 Å². The highest BCUT2D eigenvalue weighted by Gasteiger charge is 2.14. The zero-order valence-electron chi connectivity index (χ0n) is 16.8. The summed E-state index contributed by atoms with van der Waals surface area (Å²) < 4.78 is 13.5. The van der Waals surface area contributed by atoms with Crippen LogP contribution in [0.5, 0.6) is 11.5 Å². The van der Waals surface area contributed by atoms with E-state index in [1.54, 1.807) is 4.68 Å². The molecule has 0 saturated carbocycles. The van der Waals surface area contributed by atoms with Gasteiger partial charge in [0, 0.05) is 13.1 Å². The SMILES string of the molecule is CCCCn1nnnc1NCc1cc(Cl)c(OCc2ccccc2)c(OCC)c1. The van der Waals surface area contributed by atoms with E-state index in [1.165, 1.54) is 0 Å². The molecule has 0 aliphatic carbocycles. The van der Waals surface area contributed by atoms with Gasteiger partial charge in [-0.2, -0.15) is 0 Å². The summed E-state index contributed by atoms with van der Waals surface area (Å²) in [6.45, 7) is 6.31. The number of aromatic nitrogens is 4. The van der Waals surface area contributed by atoms with Crippen molar-refractivity contribution in [3.8, 4) is 11.5 Å². The Bertz CT molecular complexity index is 901. The Balaban J connectivity index is 1.71. The van der Waals surface area contributed by atoms with Gasteiger partial charge in [-0.3, -0.25) is 0 Å². The van der Waals surface area contributed by atoms with E-state index in [4.69, 9.17) is 21.1 Å².